The smallest absolute Gasteiger partial charge is 0.0701 e. The molecule has 1 fully saturated rings. The molecule has 0 bridgehead atoms. The van der Waals surface area contributed by atoms with Crippen LogP contribution in [0.15, 0.2) is 15.9 Å². The Kier molecular flexibility index (Phi) is 2.77. The van der Waals surface area contributed by atoms with Crippen LogP contribution in [0.3, 0.4) is 0 Å². The van der Waals surface area contributed by atoms with Crippen LogP contribution in [0, 0.1) is 0 Å². The van der Waals surface area contributed by atoms with Crippen molar-refractivity contribution in [3.63, 3.8) is 0 Å². The molecule has 0 spiro atoms. The SMILES string of the molecule is CC1(c2ccc(Br)s2)CCCNC1. The topological polar surface area (TPSA) is 12.0 Å². The van der Waals surface area contributed by atoms with Crippen molar-refractivity contribution in [2.24, 2.45) is 0 Å². The van der Waals surface area contributed by atoms with Crippen molar-refractivity contribution in [1.29, 1.82) is 0 Å². The molecule has 72 valence electrons. The van der Waals surface area contributed by atoms with E-state index in [1.165, 1.54) is 28.0 Å². The molecule has 1 aliphatic rings. The van der Waals surface area contributed by atoms with Crippen molar-refractivity contribution in [2.45, 2.75) is 25.2 Å². The first-order valence-electron chi connectivity index (χ1n) is 4.67. The maximum absolute atomic E-state index is 3.52. The van der Waals surface area contributed by atoms with Crippen LogP contribution in [0.1, 0.15) is 24.6 Å². The summed E-state index contributed by atoms with van der Waals surface area (Å²) in [6.07, 6.45) is 2.61. The predicted octanol–water partition coefficient (Wildman–Crippen LogP) is 3.15. The van der Waals surface area contributed by atoms with Gasteiger partial charge in [-0.2, -0.15) is 0 Å². The number of piperidine rings is 1. The minimum atomic E-state index is 0.370. The standard InChI is InChI=1S/C10H14BrNS/c1-10(5-2-6-12-7-10)8-3-4-9(11)13-8/h3-4,12H,2,5-7H2,1H3. The highest BCUT2D eigenvalue weighted by Crippen LogP contribution is 2.36. The summed E-state index contributed by atoms with van der Waals surface area (Å²) < 4.78 is 1.24. The minimum Gasteiger partial charge on any atom is -0.316 e. The van der Waals surface area contributed by atoms with Gasteiger partial charge in [0.15, 0.2) is 0 Å². The van der Waals surface area contributed by atoms with Gasteiger partial charge >= 0.3 is 0 Å². The van der Waals surface area contributed by atoms with E-state index in [4.69, 9.17) is 0 Å². The fourth-order valence-electron chi connectivity index (χ4n) is 1.91. The Balaban J connectivity index is 2.22. The van der Waals surface area contributed by atoms with Crippen LogP contribution in [-0.2, 0) is 5.41 Å². The number of hydrogen-bond acceptors (Lipinski definition) is 2. The third kappa shape index (κ3) is 1.97. The van der Waals surface area contributed by atoms with Crippen LogP contribution < -0.4 is 5.32 Å². The van der Waals surface area contributed by atoms with Crippen LogP contribution in [0.2, 0.25) is 0 Å². The van der Waals surface area contributed by atoms with E-state index in [0.29, 0.717) is 5.41 Å². The van der Waals surface area contributed by atoms with Crippen LogP contribution in [0.5, 0.6) is 0 Å². The van der Waals surface area contributed by atoms with Gasteiger partial charge in [-0.3, -0.25) is 0 Å². The summed E-state index contributed by atoms with van der Waals surface area (Å²) in [5, 5.41) is 3.47. The van der Waals surface area contributed by atoms with E-state index >= 15 is 0 Å². The van der Waals surface area contributed by atoms with Crippen LogP contribution in [0.4, 0.5) is 0 Å². The molecule has 0 aliphatic carbocycles. The number of nitrogens with one attached hydrogen (secondary N) is 1. The second-order valence-corrected chi connectivity index (χ2v) is 6.41. The predicted molar refractivity (Wildman–Crippen MR) is 61.5 cm³/mol. The number of thiophene rings is 1. The van der Waals surface area contributed by atoms with Gasteiger partial charge in [-0.15, -0.1) is 11.3 Å². The molecule has 1 saturated heterocycles. The first kappa shape index (κ1) is 9.69. The van der Waals surface area contributed by atoms with Gasteiger partial charge in [0, 0.05) is 16.8 Å². The van der Waals surface area contributed by atoms with Crippen molar-refractivity contribution in [3.05, 3.63) is 20.8 Å². The van der Waals surface area contributed by atoms with E-state index in [-0.39, 0.29) is 0 Å². The van der Waals surface area contributed by atoms with Gasteiger partial charge in [-0.05, 0) is 47.4 Å². The molecule has 1 unspecified atom stereocenters. The summed E-state index contributed by atoms with van der Waals surface area (Å²) in [6, 6.07) is 4.40. The summed E-state index contributed by atoms with van der Waals surface area (Å²) in [5.41, 5.74) is 0.370. The van der Waals surface area contributed by atoms with Gasteiger partial charge in [-0.1, -0.05) is 6.92 Å². The maximum Gasteiger partial charge on any atom is 0.0701 e. The van der Waals surface area contributed by atoms with Crippen LogP contribution in [-0.4, -0.2) is 13.1 Å². The van der Waals surface area contributed by atoms with Gasteiger partial charge in [-0.25, -0.2) is 0 Å². The Hall–Kier alpha value is 0.140. The molecule has 1 nitrogen and oxygen atoms in total. The first-order chi connectivity index (χ1) is 6.21. The van der Waals surface area contributed by atoms with Gasteiger partial charge in [0.1, 0.15) is 0 Å². The third-order valence-electron chi connectivity index (χ3n) is 2.77. The number of halogens is 1. The van der Waals surface area contributed by atoms with E-state index in [2.05, 4.69) is 40.3 Å². The molecule has 0 aromatic carbocycles. The Bertz CT molecular complexity index is 289. The average Bonchev–Trinajstić information content (AvgIpc) is 2.54. The molecule has 0 radical (unpaired) electrons. The van der Waals surface area contributed by atoms with E-state index in [1.807, 2.05) is 11.3 Å². The van der Waals surface area contributed by atoms with Gasteiger partial charge in [0.05, 0.1) is 3.79 Å². The van der Waals surface area contributed by atoms with Crippen molar-refractivity contribution in [2.75, 3.05) is 13.1 Å². The van der Waals surface area contributed by atoms with E-state index in [9.17, 15) is 0 Å². The Labute approximate surface area is 91.7 Å². The van der Waals surface area contributed by atoms with E-state index in [1.54, 1.807) is 0 Å². The summed E-state index contributed by atoms with van der Waals surface area (Å²) in [5.74, 6) is 0. The monoisotopic (exact) mass is 259 g/mol. The Morgan fingerprint density at radius 2 is 2.38 bits per heavy atom. The lowest BCUT2D eigenvalue weighted by Gasteiger charge is -2.33. The zero-order valence-electron chi connectivity index (χ0n) is 7.77. The second-order valence-electron chi connectivity index (χ2n) is 3.94. The lowest BCUT2D eigenvalue weighted by atomic mass is 9.81. The van der Waals surface area contributed by atoms with Gasteiger partial charge < -0.3 is 5.32 Å². The molecule has 2 rings (SSSR count). The summed E-state index contributed by atoms with van der Waals surface area (Å²) >= 11 is 5.39. The average molecular weight is 260 g/mol. The van der Waals surface area contributed by atoms with Gasteiger partial charge in [0.2, 0.25) is 0 Å². The molecule has 13 heavy (non-hydrogen) atoms. The lowest BCUT2D eigenvalue weighted by Crippen LogP contribution is -2.40. The molecule has 1 N–H and O–H groups in total. The van der Waals surface area contributed by atoms with Crippen molar-refractivity contribution in [3.8, 4) is 0 Å². The summed E-state index contributed by atoms with van der Waals surface area (Å²) in [6.45, 7) is 4.67. The summed E-state index contributed by atoms with van der Waals surface area (Å²) in [4.78, 5) is 1.51. The Morgan fingerprint density at radius 3 is 2.92 bits per heavy atom. The van der Waals surface area contributed by atoms with Crippen LogP contribution >= 0.6 is 27.3 Å². The molecule has 1 aliphatic heterocycles. The Morgan fingerprint density at radius 1 is 1.54 bits per heavy atom. The zero-order valence-corrected chi connectivity index (χ0v) is 10.2. The molecule has 1 aromatic heterocycles. The highest BCUT2D eigenvalue weighted by molar-refractivity contribution is 9.11. The fraction of sp³-hybridized carbons (Fsp3) is 0.600. The minimum absolute atomic E-state index is 0.370. The molecule has 1 aromatic rings. The quantitative estimate of drug-likeness (QED) is 0.817. The second kappa shape index (κ2) is 3.71. The normalized spacial score (nSPS) is 29.1. The molecule has 1 atom stereocenters. The van der Waals surface area contributed by atoms with Crippen LogP contribution in [0.25, 0.3) is 0 Å². The molecule has 3 heteroatoms. The fourth-order valence-corrected chi connectivity index (χ4v) is 3.46. The van der Waals surface area contributed by atoms with Crippen molar-refractivity contribution in [1.82, 2.24) is 5.32 Å². The van der Waals surface area contributed by atoms with E-state index < -0.39 is 0 Å². The first-order valence-corrected chi connectivity index (χ1v) is 6.28. The highest BCUT2D eigenvalue weighted by atomic mass is 79.9. The largest absolute Gasteiger partial charge is 0.316 e. The third-order valence-corrected chi connectivity index (χ3v) is 4.70. The molecule has 0 amide bonds. The molecule has 2 heterocycles. The van der Waals surface area contributed by atoms with Gasteiger partial charge in [0.25, 0.3) is 0 Å². The molecular formula is C10H14BrNS. The zero-order chi connectivity index (χ0) is 9.31. The highest BCUT2D eigenvalue weighted by Gasteiger charge is 2.29. The number of hydrogen-bond donors (Lipinski definition) is 1. The number of rotatable bonds is 1. The van der Waals surface area contributed by atoms with E-state index in [0.717, 1.165) is 6.54 Å². The maximum atomic E-state index is 3.52. The summed E-state index contributed by atoms with van der Waals surface area (Å²) in [7, 11) is 0. The lowest BCUT2D eigenvalue weighted by molar-refractivity contribution is 0.345. The van der Waals surface area contributed by atoms with Crippen molar-refractivity contribution < 1.29 is 0 Å². The molecule has 0 saturated carbocycles. The van der Waals surface area contributed by atoms with Crippen molar-refractivity contribution >= 4 is 27.3 Å². The molecular weight excluding hydrogens is 246 g/mol.